The lowest BCUT2D eigenvalue weighted by molar-refractivity contribution is 0.101. The maximum atomic E-state index is 14.8. The number of nitrogens with zero attached hydrogens (tertiary/aromatic N) is 2. The standard InChI is InChI=1S/C25H24F2N4O2S/c1-4-25(2,16-5-7-18(33-3)8-6-16)21-15-34-24(29-21)30-23(32)22-19(26)13-17(14-20(22)27)31-11-9-28-10-12-31/h1,5-8,13-15,28H,9-12H2,2-3H3,(H,29,30,32)/t25-/m0/s1. The highest BCUT2D eigenvalue weighted by atomic mass is 32.1. The van der Waals surface area contributed by atoms with Crippen molar-refractivity contribution in [1.29, 1.82) is 0 Å². The van der Waals surface area contributed by atoms with Crippen LogP contribution in [0.2, 0.25) is 0 Å². The molecule has 34 heavy (non-hydrogen) atoms. The van der Waals surface area contributed by atoms with Gasteiger partial charge in [0, 0.05) is 37.2 Å². The molecule has 6 nitrogen and oxygen atoms in total. The number of rotatable bonds is 6. The first-order chi connectivity index (χ1) is 16.4. The minimum absolute atomic E-state index is 0.194. The van der Waals surface area contributed by atoms with Crippen LogP contribution in [0.3, 0.4) is 0 Å². The van der Waals surface area contributed by atoms with Crippen LogP contribution in [0.4, 0.5) is 19.6 Å². The summed E-state index contributed by atoms with van der Waals surface area (Å²) in [6.07, 6.45) is 5.85. The van der Waals surface area contributed by atoms with E-state index < -0.39 is 28.5 Å². The van der Waals surface area contributed by atoms with Gasteiger partial charge < -0.3 is 15.0 Å². The van der Waals surface area contributed by atoms with Gasteiger partial charge in [0.25, 0.3) is 5.91 Å². The number of carbonyl (C=O) groups excluding carboxylic acids is 1. The van der Waals surface area contributed by atoms with Gasteiger partial charge in [0.1, 0.15) is 22.9 Å². The zero-order valence-corrected chi connectivity index (χ0v) is 19.6. The summed E-state index contributed by atoms with van der Waals surface area (Å²) < 4.78 is 34.7. The SMILES string of the molecule is C#C[C@@](C)(c1ccc(OC)cc1)c1csc(NC(=O)c2c(F)cc(N3CCNCC3)cc2F)n1. The molecule has 0 radical (unpaired) electrons. The summed E-state index contributed by atoms with van der Waals surface area (Å²) in [6, 6.07) is 9.68. The van der Waals surface area contributed by atoms with Crippen molar-refractivity contribution in [2.75, 3.05) is 43.5 Å². The summed E-state index contributed by atoms with van der Waals surface area (Å²) in [5, 5.41) is 7.60. The second-order valence-corrected chi connectivity index (χ2v) is 8.87. The molecule has 2 N–H and O–H groups in total. The Morgan fingerprint density at radius 3 is 2.47 bits per heavy atom. The van der Waals surface area contributed by atoms with E-state index in [9.17, 15) is 13.6 Å². The molecule has 1 amide bonds. The number of halogens is 2. The molecule has 0 saturated carbocycles. The van der Waals surface area contributed by atoms with E-state index in [0.29, 0.717) is 30.2 Å². The number of thiazole rings is 1. The van der Waals surface area contributed by atoms with Crippen molar-refractivity contribution in [3.8, 4) is 18.1 Å². The Balaban J connectivity index is 1.54. The lowest BCUT2D eigenvalue weighted by Crippen LogP contribution is -2.43. The fraction of sp³-hybridized carbons (Fsp3) is 0.280. The third-order valence-corrected chi connectivity index (χ3v) is 6.69. The molecule has 0 spiro atoms. The average molecular weight is 483 g/mol. The van der Waals surface area contributed by atoms with Gasteiger partial charge in [-0.2, -0.15) is 0 Å². The van der Waals surface area contributed by atoms with Gasteiger partial charge in [-0.1, -0.05) is 18.1 Å². The maximum Gasteiger partial charge on any atom is 0.263 e. The van der Waals surface area contributed by atoms with Gasteiger partial charge >= 0.3 is 0 Å². The van der Waals surface area contributed by atoms with E-state index >= 15 is 0 Å². The normalized spacial score (nSPS) is 15.3. The number of ether oxygens (including phenoxy) is 1. The van der Waals surface area contributed by atoms with Crippen LogP contribution in [0.15, 0.2) is 41.8 Å². The van der Waals surface area contributed by atoms with Crippen LogP contribution in [-0.4, -0.2) is 44.2 Å². The van der Waals surface area contributed by atoms with Crippen LogP contribution in [0.5, 0.6) is 5.75 Å². The molecule has 2 heterocycles. The number of nitrogens with one attached hydrogen (secondary N) is 2. The van der Waals surface area contributed by atoms with Gasteiger partial charge in [-0.05, 0) is 36.8 Å². The molecule has 1 aliphatic rings. The van der Waals surface area contributed by atoms with Crippen LogP contribution in [0, 0.1) is 24.0 Å². The molecular formula is C25H24F2N4O2S. The van der Waals surface area contributed by atoms with E-state index in [2.05, 4.69) is 21.5 Å². The predicted molar refractivity (Wildman–Crippen MR) is 130 cm³/mol. The first kappa shape index (κ1) is 23.7. The van der Waals surface area contributed by atoms with Gasteiger partial charge in [0.15, 0.2) is 5.13 Å². The maximum absolute atomic E-state index is 14.8. The minimum atomic E-state index is -0.922. The van der Waals surface area contributed by atoms with Crippen molar-refractivity contribution < 1.29 is 18.3 Å². The van der Waals surface area contributed by atoms with Crippen molar-refractivity contribution in [2.24, 2.45) is 0 Å². The molecule has 0 unspecified atom stereocenters. The summed E-state index contributed by atoms with van der Waals surface area (Å²) in [5.41, 5.74) is 0.252. The number of piperazine rings is 1. The van der Waals surface area contributed by atoms with Gasteiger partial charge in [-0.3, -0.25) is 10.1 Å². The summed E-state index contributed by atoms with van der Waals surface area (Å²) >= 11 is 1.13. The van der Waals surface area contributed by atoms with Crippen LogP contribution in [-0.2, 0) is 5.41 Å². The van der Waals surface area contributed by atoms with Crippen LogP contribution in [0.1, 0.15) is 28.5 Å². The van der Waals surface area contributed by atoms with E-state index in [0.717, 1.165) is 30.0 Å². The lowest BCUT2D eigenvalue weighted by atomic mass is 9.81. The molecule has 1 aliphatic heterocycles. The zero-order valence-electron chi connectivity index (χ0n) is 18.8. The van der Waals surface area contributed by atoms with Crippen molar-refractivity contribution in [3.05, 3.63) is 70.2 Å². The number of amides is 1. The molecule has 4 rings (SSSR count). The number of terminal acetylenes is 1. The highest BCUT2D eigenvalue weighted by molar-refractivity contribution is 7.14. The van der Waals surface area contributed by atoms with E-state index in [1.54, 1.807) is 24.6 Å². The van der Waals surface area contributed by atoms with Gasteiger partial charge in [-0.25, -0.2) is 13.8 Å². The van der Waals surface area contributed by atoms with Gasteiger partial charge in [0.2, 0.25) is 0 Å². The smallest absolute Gasteiger partial charge is 0.263 e. The molecule has 176 valence electrons. The number of carbonyl (C=O) groups is 1. The fourth-order valence-corrected chi connectivity index (χ4v) is 4.65. The molecule has 1 fully saturated rings. The van der Waals surface area contributed by atoms with E-state index in [1.165, 1.54) is 12.1 Å². The number of hydrogen-bond donors (Lipinski definition) is 2. The fourth-order valence-electron chi connectivity index (χ4n) is 3.83. The molecule has 1 atom stereocenters. The second kappa shape index (κ2) is 9.79. The second-order valence-electron chi connectivity index (χ2n) is 8.01. The van der Waals surface area contributed by atoms with Crippen molar-refractivity contribution >= 4 is 28.1 Å². The topological polar surface area (TPSA) is 66.5 Å². The van der Waals surface area contributed by atoms with Crippen LogP contribution >= 0.6 is 11.3 Å². The number of hydrogen-bond acceptors (Lipinski definition) is 6. The van der Waals surface area contributed by atoms with Gasteiger partial charge in [-0.15, -0.1) is 17.8 Å². The van der Waals surface area contributed by atoms with Crippen molar-refractivity contribution in [3.63, 3.8) is 0 Å². The minimum Gasteiger partial charge on any atom is -0.497 e. The molecule has 0 aliphatic carbocycles. The molecule has 2 aromatic carbocycles. The van der Waals surface area contributed by atoms with E-state index in [-0.39, 0.29) is 5.13 Å². The highest BCUT2D eigenvalue weighted by Crippen LogP contribution is 2.34. The molecule has 1 aromatic heterocycles. The highest BCUT2D eigenvalue weighted by Gasteiger charge is 2.30. The summed E-state index contributed by atoms with van der Waals surface area (Å²) in [5.74, 6) is 0.708. The van der Waals surface area contributed by atoms with Crippen molar-refractivity contribution in [1.82, 2.24) is 10.3 Å². The number of methoxy groups -OCH3 is 1. The Morgan fingerprint density at radius 2 is 1.88 bits per heavy atom. The lowest BCUT2D eigenvalue weighted by Gasteiger charge is -2.29. The molecular weight excluding hydrogens is 458 g/mol. The Morgan fingerprint density at radius 1 is 1.24 bits per heavy atom. The molecule has 3 aromatic rings. The van der Waals surface area contributed by atoms with Gasteiger partial charge in [0.05, 0.1) is 18.2 Å². The molecule has 1 saturated heterocycles. The predicted octanol–water partition coefficient (Wildman–Crippen LogP) is 4.03. The molecule has 9 heteroatoms. The van der Waals surface area contributed by atoms with Crippen molar-refractivity contribution in [2.45, 2.75) is 12.3 Å². The Bertz CT molecular complexity index is 1210. The number of benzene rings is 2. The molecule has 0 bridgehead atoms. The van der Waals surface area contributed by atoms with Crippen LogP contribution in [0.25, 0.3) is 0 Å². The largest absolute Gasteiger partial charge is 0.497 e. The quantitative estimate of drug-likeness (QED) is 0.520. The third-order valence-electron chi connectivity index (χ3n) is 5.93. The van der Waals surface area contributed by atoms with E-state index in [1.807, 2.05) is 24.0 Å². The summed E-state index contributed by atoms with van der Waals surface area (Å²) in [7, 11) is 1.58. The zero-order chi connectivity index (χ0) is 24.3. The van der Waals surface area contributed by atoms with E-state index in [4.69, 9.17) is 11.2 Å². The Kier molecular flexibility index (Phi) is 6.82. The average Bonchev–Trinajstić information content (AvgIpc) is 3.32. The third kappa shape index (κ3) is 4.60. The first-order valence-corrected chi connectivity index (χ1v) is 11.6. The first-order valence-electron chi connectivity index (χ1n) is 10.7. The monoisotopic (exact) mass is 482 g/mol. The number of aromatic nitrogens is 1. The summed E-state index contributed by atoms with van der Waals surface area (Å²) in [6.45, 7) is 4.56. The summed E-state index contributed by atoms with van der Waals surface area (Å²) in [4.78, 5) is 19.0. The number of anilines is 2. The Hall–Kier alpha value is -3.48. The van der Waals surface area contributed by atoms with Crippen LogP contribution < -0.4 is 20.3 Å². The Labute approximate surface area is 201 Å².